The molecule has 0 radical (unpaired) electrons. The Labute approximate surface area is 235 Å². The number of carbonyl (C=O) groups excluding carboxylic acids is 1. The SMILES string of the molecule is C[C@@H]1[C@H](CSc2ccccn2)O[C@H](c2ccc(CNC(=O)C(Cl)(Cl)Cl)cc2)O[C@@H]1c1ccc(CO)cc1. The Morgan fingerprint density at radius 2 is 1.68 bits per heavy atom. The van der Waals surface area contributed by atoms with Crippen LogP contribution in [0.5, 0.6) is 0 Å². The number of alkyl halides is 3. The minimum Gasteiger partial charge on any atom is -0.392 e. The van der Waals surface area contributed by atoms with Gasteiger partial charge in [-0.15, -0.1) is 11.8 Å². The van der Waals surface area contributed by atoms with Crippen molar-refractivity contribution >= 4 is 52.5 Å². The predicted octanol–water partition coefficient (Wildman–Crippen LogP) is 6.14. The van der Waals surface area contributed by atoms with Crippen LogP contribution in [0.3, 0.4) is 0 Å². The number of amides is 1. The van der Waals surface area contributed by atoms with E-state index in [2.05, 4.69) is 17.2 Å². The number of carbonyl (C=O) groups is 1. The summed E-state index contributed by atoms with van der Waals surface area (Å²) in [6.45, 7) is 2.34. The number of aliphatic hydroxyl groups excluding tert-OH is 1. The maximum absolute atomic E-state index is 11.8. The number of ether oxygens (including phenoxy) is 2. The third-order valence-corrected chi connectivity index (χ3v) is 7.67. The quantitative estimate of drug-likeness (QED) is 0.246. The van der Waals surface area contributed by atoms with Crippen molar-refractivity contribution in [1.29, 1.82) is 0 Å². The highest BCUT2D eigenvalue weighted by Gasteiger charge is 2.38. The van der Waals surface area contributed by atoms with Crippen LogP contribution >= 0.6 is 46.6 Å². The van der Waals surface area contributed by atoms with Gasteiger partial charge in [-0.05, 0) is 28.8 Å². The molecule has 0 aliphatic carbocycles. The van der Waals surface area contributed by atoms with Gasteiger partial charge >= 0.3 is 0 Å². The van der Waals surface area contributed by atoms with E-state index < -0.39 is 16.0 Å². The monoisotopic (exact) mass is 580 g/mol. The first-order valence-corrected chi connectivity index (χ1v) is 13.8. The van der Waals surface area contributed by atoms with Gasteiger partial charge in [0.2, 0.25) is 0 Å². The number of benzene rings is 2. The van der Waals surface area contributed by atoms with Crippen molar-refractivity contribution in [3.05, 3.63) is 95.2 Å². The van der Waals surface area contributed by atoms with Gasteiger partial charge in [0.15, 0.2) is 6.29 Å². The topological polar surface area (TPSA) is 80.7 Å². The van der Waals surface area contributed by atoms with E-state index in [9.17, 15) is 9.90 Å². The average Bonchev–Trinajstić information content (AvgIpc) is 2.91. The Balaban J connectivity index is 1.51. The zero-order valence-electron chi connectivity index (χ0n) is 20.0. The number of nitrogens with one attached hydrogen (secondary N) is 1. The summed E-state index contributed by atoms with van der Waals surface area (Å²) in [5, 5.41) is 13.0. The molecule has 10 heteroatoms. The molecular weight excluding hydrogens is 555 g/mol. The van der Waals surface area contributed by atoms with Crippen LogP contribution < -0.4 is 5.32 Å². The number of halogens is 3. The molecule has 1 aromatic heterocycles. The summed E-state index contributed by atoms with van der Waals surface area (Å²) in [5.41, 5.74) is 3.57. The summed E-state index contributed by atoms with van der Waals surface area (Å²) < 4.78 is 10.9. The first-order chi connectivity index (χ1) is 17.7. The number of aromatic nitrogens is 1. The highest BCUT2D eigenvalue weighted by Crippen LogP contribution is 2.43. The smallest absolute Gasteiger partial charge is 0.272 e. The zero-order valence-corrected chi connectivity index (χ0v) is 23.1. The van der Waals surface area contributed by atoms with E-state index in [1.165, 1.54) is 0 Å². The molecule has 2 heterocycles. The number of thioether (sulfide) groups is 1. The molecule has 196 valence electrons. The minimum absolute atomic E-state index is 0.00903. The molecule has 0 saturated carbocycles. The normalized spacial score (nSPS) is 22.0. The molecule has 1 aliphatic rings. The van der Waals surface area contributed by atoms with E-state index in [1.807, 2.05) is 66.7 Å². The molecule has 4 rings (SSSR count). The molecule has 0 spiro atoms. The van der Waals surface area contributed by atoms with Crippen molar-refractivity contribution in [1.82, 2.24) is 10.3 Å². The largest absolute Gasteiger partial charge is 0.392 e. The van der Waals surface area contributed by atoms with Crippen LogP contribution in [0.1, 0.15) is 41.6 Å². The molecule has 0 bridgehead atoms. The van der Waals surface area contributed by atoms with Gasteiger partial charge in [-0.1, -0.05) is 96.3 Å². The lowest BCUT2D eigenvalue weighted by Gasteiger charge is -2.41. The average molecular weight is 582 g/mol. The number of aliphatic hydroxyl groups is 1. The highest BCUT2D eigenvalue weighted by molar-refractivity contribution is 7.99. The Hall–Kier alpha value is -1.84. The van der Waals surface area contributed by atoms with Gasteiger partial charge in [0.1, 0.15) is 0 Å². The van der Waals surface area contributed by atoms with Crippen molar-refractivity contribution in [2.75, 3.05) is 5.75 Å². The molecule has 2 N–H and O–H groups in total. The van der Waals surface area contributed by atoms with Gasteiger partial charge in [-0.25, -0.2) is 4.98 Å². The van der Waals surface area contributed by atoms with Crippen molar-refractivity contribution in [2.24, 2.45) is 5.92 Å². The van der Waals surface area contributed by atoms with Gasteiger partial charge in [-0.3, -0.25) is 4.79 Å². The Morgan fingerprint density at radius 1 is 1.00 bits per heavy atom. The lowest BCUT2D eigenvalue weighted by atomic mass is 9.91. The molecule has 2 aromatic carbocycles. The summed E-state index contributed by atoms with van der Waals surface area (Å²) in [5.74, 6) is 0.103. The molecule has 0 unspecified atom stereocenters. The van der Waals surface area contributed by atoms with Crippen LogP contribution in [0.25, 0.3) is 0 Å². The van der Waals surface area contributed by atoms with Gasteiger partial charge in [0.05, 0.1) is 23.8 Å². The molecule has 1 aliphatic heterocycles. The summed E-state index contributed by atoms with van der Waals surface area (Å²) in [6.07, 6.45) is 0.890. The second-order valence-corrected chi connectivity index (χ2v) is 12.0. The summed E-state index contributed by atoms with van der Waals surface area (Å²) in [4.78, 5) is 16.2. The van der Waals surface area contributed by atoms with E-state index in [-0.39, 0.29) is 31.3 Å². The van der Waals surface area contributed by atoms with Crippen molar-refractivity contribution < 1.29 is 19.4 Å². The van der Waals surface area contributed by atoms with Crippen molar-refractivity contribution in [3.63, 3.8) is 0 Å². The number of rotatable bonds is 8. The summed E-state index contributed by atoms with van der Waals surface area (Å²) in [6, 6.07) is 21.2. The predicted molar refractivity (Wildman–Crippen MR) is 147 cm³/mol. The first kappa shape index (κ1) is 28.2. The van der Waals surface area contributed by atoms with Gasteiger partial charge in [0, 0.05) is 30.0 Å². The van der Waals surface area contributed by atoms with Crippen LogP contribution in [-0.4, -0.2) is 31.6 Å². The van der Waals surface area contributed by atoms with E-state index in [0.717, 1.165) is 27.3 Å². The number of nitrogens with zero attached hydrogens (tertiary/aromatic N) is 1. The number of pyridine rings is 1. The fourth-order valence-corrected chi connectivity index (χ4v) is 5.21. The zero-order chi connectivity index (χ0) is 26.4. The maximum Gasteiger partial charge on any atom is 0.272 e. The number of hydrogen-bond acceptors (Lipinski definition) is 6. The third-order valence-electron chi connectivity index (χ3n) is 6.12. The standard InChI is InChI=1S/C27H27Cl3N2O4S/c1-17-22(16-37-23-4-2-3-13-31-23)35-25(36-24(17)20-9-7-19(15-33)8-10-20)21-11-5-18(6-12-21)14-32-26(34)27(28,29)30/h2-13,17,22,24-25,33H,14-16H2,1H3,(H,32,34)/t17-,22+,24+,25+/m1/s1. The number of hydrogen-bond donors (Lipinski definition) is 2. The van der Waals surface area contributed by atoms with Gasteiger partial charge < -0.3 is 19.9 Å². The molecule has 1 saturated heterocycles. The summed E-state index contributed by atoms with van der Waals surface area (Å²) >= 11 is 18.5. The Kier molecular flexibility index (Phi) is 9.75. The van der Waals surface area contributed by atoms with Crippen molar-refractivity contribution in [2.45, 2.75) is 47.4 Å². The molecule has 1 amide bonds. The van der Waals surface area contributed by atoms with Crippen LogP contribution in [-0.2, 0) is 27.4 Å². The molecule has 4 atom stereocenters. The second kappa shape index (κ2) is 12.8. The lowest BCUT2D eigenvalue weighted by molar-refractivity contribution is -0.268. The third kappa shape index (κ3) is 7.60. The fourth-order valence-electron chi connectivity index (χ4n) is 3.99. The van der Waals surface area contributed by atoms with E-state index in [1.54, 1.807) is 18.0 Å². The molecule has 3 aromatic rings. The minimum atomic E-state index is -2.01. The summed E-state index contributed by atoms with van der Waals surface area (Å²) in [7, 11) is 0. The Morgan fingerprint density at radius 3 is 2.30 bits per heavy atom. The highest BCUT2D eigenvalue weighted by atomic mass is 35.6. The van der Waals surface area contributed by atoms with Crippen LogP contribution in [0.2, 0.25) is 0 Å². The lowest BCUT2D eigenvalue weighted by Crippen LogP contribution is -2.38. The fraction of sp³-hybridized carbons (Fsp3) is 0.333. The van der Waals surface area contributed by atoms with Gasteiger partial charge in [0.25, 0.3) is 9.70 Å². The second-order valence-electron chi connectivity index (χ2n) is 8.72. The molecule has 1 fully saturated rings. The maximum atomic E-state index is 11.8. The van der Waals surface area contributed by atoms with E-state index in [0.29, 0.717) is 5.75 Å². The van der Waals surface area contributed by atoms with E-state index in [4.69, 9.17) is 44.3 Å². The molecule has 6 nitrogen and oxygen atoms in total. The van der Waals surface area contributed by atoms with E-state index >= 15 is 0 Å². The molecule has 37 heavy (non-hydrogen) atoms. The van der Waals surface area contributed by atoms with Crippen LogP contribution in [0, 0.1) is 5.92 Å². The molecular formula is C27H27Cl3N2O4S. The van der Waals surface area contributed by atoms with Crippen LogP contribution in [0.15, 0.2) is 78.0 Å². The van der Waals surface area contributed by atoms with Crippen LogP contribution in [0.4, 0.5) is 0 Å². The van der Waals surface area contributed by atoms with Gasteiger partial charge in [-0.2, -0.15) is 0 Å². The first-order valence-electron chi connectivity index (χ1n) is 11.7. The van der Waals surface area contributed by atoms with Crippen molar-refractivity contribution in [3.8, 4) is 0 Å². The Bertz CT molecular complexity index is 1160.